The van der Waals surface area contributed by atoms with Crippen LogP contribution in [0.2, 0.25) is 0 Å². The molecule has 0 atom stereocenters. The second kappa shape index (κ2) is 8.60. The minimum atomic E-state index is 0.0484. The van der Waals surface area contributed by atoms with E-state index in [4.69, 9.17) is 4.74 Å². The minimum absolute atomic E-state index is 0.0484. The maximum atomic E-state index is 12.8. The van der Waals surface area contributed by atoms with E-state index >= 15 is 0 Å². The van der Waals surface area contributed by atoms with Crippen molar-refractivity contribution in [3.8, 4) is 11.5 Å². The summed E-state index contributed by atoms with van der Waals surface area (Å²) in [5, 5.41) is 4.51. The molecule has 0 saturated carbocycles. The molecule has 2 aromatic carbocycles. The van der Waals surface area contributed by atoms with Crippen LogP contribution in [0.5, 0.6) is 11.5 Å². The molecule has 0 radical (unpaired) electrons. The van der Waals surface area contributed by atoms with Crippen LogP contribution in [0, 0.1) is 20.8 Å². The van der Waals surface area contributed by atoms with Gasteiger partial charge in [-0.05, 0) is 69.2 Å². The molecular weight excluding hydrogens is 388 g/mol. The van der Waals surface area contributed by atoms with E-state index < -0.39 is 0 Å². The number of nitrogens with zero attached hydrogens (tertiary/aromatic N) is 4. The van der Waals surface area contributed by atoms with E-state index in [-0.39, 0.29) is 5.91 Å². The summed E-state index contributed by atoms with van der Waals surface area (Å²) < 4.78 is 7.68. The smallest absolute Gasteiger partial charge is 0.227 e. The lowest BCUT2D eigenvalue weighted by molar-refractivity contribution is -0.118. The molecule has 0 spiro atoms. The first-order valence-corrected chi connectivity index (χ1v) is 10.3. The van der Waals surface area contributed by atoms with Gasteiger partial charge in [0.15, 0.2) is 5.65 Å². The van der Waals surface area contributed by atoms with Gasteiger partial charge in [0.25, 0.3) is 0 Å². The van der Waals surface area contributed by atoms with Gasteiger partial charge >= 0.3 is 0 Å². The Hall–Kier alpha value is -3.67. The molecule has 0 aliphatic heterocycles. The number of carbonyl (C=O) groups excluding carboxylic acids is 1. The predicted molar refractivity (Wildman–Crippen MR) is 122 cm³/mol. The zero-order chi connectivity index (χ0) is 22.0. The van der Waals surface area contributed by atoms with E-state index in [0.717, 1.165) is 45.5 Å². The zero-order valence-electron chi connectivity index (χ0n) is 18.3. The Morgan fingerprint density at radius 2 is 1.68 bits per heavy atom. The van der Waals surface area contributed by atoms with Gasteiger partial charge in [0.05, 0.1) is 5.69 Å². The molecule has 4 rings (SSSR count). The van der Waals surface area contributed by atoms with Gasteiger partial charge in [-0.2, -0.15) is 5.10 Å². The molecule has 0 aliphatic carbocycles. The summed E-state index contributed by atoms with van der Waals surface area (Å²) in [5.74, 6) is 1.56. The van der Waals surface area contributed by atoms with E-state index in [0.29, 0.717) is 12.8 Å². The van der Waals surface area contributed by atoms with Crippen molar-refractivity contribution in [1.29, 1.82) is 0 Å². The number of benzene rings is 2. The van der Waals surface area contributed by atoms with Crippen molar-refractivity contribution in [3.63, 3.8) is 0 Å². The summed E-state index contributed by atoms with van der Waals surface area (Å²) >= 11 is 0. The van der Waals surface area contributed by atoms with Crippen LogP contribution in [0.15, 0.2) is 60.7 Å². The normalized spacial score (nSPS) is 11.0. The summed E-state index contributed by atoms with van der Waals surface area (Å²) in [5.41, 5.74) is 5.66. The van der Waals surface area contributed by atoms with E-state index in [1.165, 1.54) is 0 Å². The Morgan fingerprint density at radius 1 is 1.00 bits per heavy atom. The minimum Gasteiger partial charge on any atom is -0.457 e. The fraction of sp³-hybridized carbons (Fsp3) is 0.240. The first kappa shape index (κ1) is 20.6. The summed E-state index contributed by atoms with van der Waals surface area (Å²) in [4.78, 5) is 19.2. The molecule has 2 aromatic heterocycles. The van der Waals surface area contributed by atoms with Crippen LogP contribution in [0.25, 0.3) is 5.65 Å². The molecule has 0 unspecified atom stereocenters. The summed E-state index contributed by atoms with van der Waals surface area (Å²) in [6.07, 6.45) is 1.02. The number of aromatic nitrogens is 3. The monoisotopic (exact) mass is 414 g/mol. The highest BCUT2D eigenvalue weighted by Gasteiger charge is 2.16. The summed E-state index contributed by atoms with van der Waals surface area (Å²) in [6, 6.07) is 19.1. The van der Waals surface area contributed by atoms with Crippen LogP contribution in [-0.2, 0) is 11.2 Å². The quantitative estimate of drug-likeness (QED) is 0.443. The number of amides is 1. The average molecular weight is 415 g/mol. The van der Waals surface area contributed by atoms with E-state index in [1.807, 2.05) is 86.0 Å². The van der Waals surface area contributed by atoms with Crippen LogP contribution in [-0.4, -0.2) is 27.6 Å². The van der Waals surface area contributed by atoms with E-state index in [2.05, 4.69) is 10.1 Å². The highest BCUT2D eigenvalue weighted by atomic mass is 16.5. The second-order valence-electron chi connectivity index (χ2n) is 7.68. The maximum absolute atomic E-state index is 12.8. The van der Waals surface area contributed by atoms with Crippen molar-refractivity contribution in [2.75, 3.05) is 11.9 Å². The molecule has 2 heterocycles. The zero-order valence-corrected chi connectivity index (χ0v) is 18.3. The first-order chi connectivity index (χ1) is 14.9. The van der Waals surface area contributed by atoms with Gasteiger partial charge in [0, 0.05) is 36.6 Å². The molecular formula is C25H26N4O2. The molecule has 0 saturated heterocycles. The van der Waals surface area contributed by atoms with Crippen molar-refractivity contribution >= 4 is 17.2 Å². The lowest BCUT2D eigenvalue weighted by atomic mass is 10.1. The lowest BCUT2D eigenvalue weighted by Gasteiger charge is -2.18. The van der Waals surface area contributed by atoms with Crippen LogP contribution < -0.4 is 9.64 Å². The van der Waals surface area contributed by atoms with Crippen molar-refractivity contribution in [2.24, 2.45) is 0 Å². The van der Waals surface area contributed by atoms with Gasteiger partial charge in [-0.1, -0.05) is 18.2 Å². The number of fused-ring (bicyclic) bond motifs is 1. The summed E-state index contributed by atoms with van der Waals surface area (Å²) in [6.45, 7) is 5.98. The van der Waals surface area contributed by atoms with Crippen LogP contribution in [0.1, 0.15) is 29.1 Å². The molecule has 4 aromatic rings. The highest BCUT2D eigenvalue weighted by molar-refractivity contribution is 5.93. The SMILES string of the molecule is Cc1cc2nc(C)c(CCC(=O)N(C)c3ccc(Oc4ccccc4)cc3)c(C)n2n1. The summed E-state index contributed by atoms with van der Waals surface area (Å²) in [7, 11) is 1.80. The molecule has 158 valence electrons. The van der Waals surface area contributed by atoms with Crippen molar-refractivity contribution < 1.29 is 9.53 Å². The average Bonchev–Trinajstić information content (AvgIpc) is 3.14. The third-order valence-corrected chi connectivity index (χ3v) is 5.45. The Morgan fingerprint density at radius 3 is 2.39 bits per heavy atom. The number of para-hydroxylation sites is 1. The van der Waals surface area contributed by atoms with E-state index in [9.17, 15) is 4.79 Å². The van der Waals surface area contributed by atoms with Crippen molar-refractivity contribution in [3.05, 3.63) is 83.3 Å². The van der Waals surface area contributed by atoms with Gasteiger partial charge in [-0.15, -0.1) is 0 Å². The van der Waals surface area contributed by atoms with Crippen LogP contribution in [0.3, 0.4) is 0 Å². The standard InChI is InChI=1S/C25H26N4O2/c1-17-16-24-26-18(2)23(19(3)29(24)27-17)14-15-25(30)28(4)20-10-12-22(13-11-20)31-21-8-6-5-7-9-21/h5-13,16H,14-15H2,1-4H3. The number of carbonyl (C=O) groups is 1. The number of hydrogen-bond donors (Lipinski definition) is 0. The first-order valence-electron chi connectivity index (χ1n) is 10.3. The Labute approximate surface area is 182 Å². The molecule has 0 aliphatic rings. The maximum Gasteiger partial charge on any atom is 0.227 e. The number of aryl methyl sites for hydroxylation is 3. The molecule has 6 heteroatoms. The molecule has 1 amide bonds. The predicted octanol–water partition coefficient (Wildman–Crippen LogP) is 5.04. The Balaban J connectivity index is 1.42. The molecule has 0 fully saturated rings. The highest BCUT2D eigenvalue weighted by Crippen LogP contribution is 2.24. The van der Waals surface area contributed by atoms with Crippen molar-refractivity contribution in [2.45, 2.75) is 33.6 Å². The fourth-order valence-corrected chi connectivity index (χ4v) is 3.71. The van der Waals surface area contributed by atoms with Gasteiger partial charge in [-0.3, -0.25) is 4.79 Å². The number of rotatable bonds is 6. The van der Waals surface area contributed by atoms with Crippen LogP contribution in [0.4, 0.5) is 5.69 Å². The molecule has 0 bridgehead atoms. The van der Waals surface area contributed by atoms with Crippen molar-refractivity contribution in [1.82, 2.24) is 14.6 Å². The van der Waals surface area contributed by atoms with Crippen LogP contribution >= 0.6 is 0 Å². The Kier molecular flexibility index (Phi) is 5.71. The Bertz CT molecular complexity index is 1210. The molecule has 31 heavy (non-hydrogen) atoms. The number of hydrogen-bond acceptors (Lipinski definition) is 4. The third kappa shape index (κ3) is 4.43. The number of anilines is 1. The number of ether oxygens (including phenoxy) is 1. The fourth-order valence-electron chi connectivity index (χ4n) is 3.71. The van der Waals surface area contributed by atoms with E-state index in [1.54, 1.807) is 11.9 Å². The molecule has 6 nitrogen and oxygen atoms in total. The van der Waals surface area contributed by atoms with Gasteiger partial charge in [-0.25, -0.2) is 9.50 Å². The largest absolute Gasteiger partial charge is 0.457 e. The second-order valence-corrected chi connectivity index (χ2v) is 7.68. The van der Waals surface area contributed by atoms with Gasteiger partial charge in [0.1, 0.15) is 11.5 Å². The van der Waals surface area contributed by atoms with Gasteiger partial charge in [0.2, 0.25) is 5.91 Å². The third-order valence-electron chi connectivity index (χ3n) is 5.45. The lowest BCUT2D eigenvalue weighted by Crippen LogP contribution is -2.26. The molecule has 0 N–H and O–H groups in total. The van der Waals surface area contributed by atoms with Gasteiger partial charge < -0.3 is 9.64 Å². The topological polar surface area (TPSA) is 59.7 Å².